The Bertz CT molecular complexity index is 1220. The van der Waals surface area contributed by atoms with Gasteiger partial charge in [0.05, 0.1) is 23.9 Å². The molecule has 0 bridgehead atoms. The Labute approximate surface area is 213 Å². The summed E-state index contributed by atoms with van der Waals surface area (Å²) in [6.07, 6.45) is 13.3. The molecule has 0 atom stereocenters. The number of benzene rings is 1. The van der Waals surface area contributed by atoms with Crippen molar-refractivity contribution in [1.29, 1.82) is 0 Å². The number of anilines is 2. The maximum atomic E-state index is 14.0. The van der Waals surface area contributed by atoms with Crippen molar-refractivity contribution in [3.05, 3.63) is 54.5 Å². The van der Waals surface area contributed by atoms with Gasteiger partial charge in [0.25, 0.3) is 5.91 Å². The number of hydrogen-bond acceptors (Lipinski definition) is 6. The van der Waals surface area contributed by atoms with E-state index in [9.17, 15) is 4.79 Å². The molecule has 1 amide bonds. The fourth-order valence-electron chi connectivity index (χ4n) is 6.50. The highest BCUT2D eigenvalue weighted by atomic mass is 16.5. The summed E-state index contributed by atoms with van der Waals surface area (Å²) in [5, 5.41) is 1.01. The molecular formula is C29H35N5O2. The van der Waals surface area contributed by atoms with Crippen LogP contribution in [0.1, 0.15) is 48.9 Å². The Morgan fingerprint density at radius 3 is 2.31 bits per heavy atom. The number of fused-ring (bicyclic) bond motifs is 1. The normalized spacial score (nSPS) is 19.8. The summed E-state index contributed by atoms with van der Waals surface area (Å²) in [5.74, 6) is 0.878. The van der Waals surface area contributed by atoms with E-state index >= 15 is 0 Å². The summed E-state index contributed by atoms with van der Waals surface area (Å²) in [6.45, 7) is 5.00. The maximum Gasteiger partial charge on any atom is 0.257 e. The van der Waals surface area contributed by atoms with Crippen LogP contribution in [0, 0.1) is 5.41 Å². The van der Waals surface area contributed by atoms with E-state index in [-0.39, 0.29) is 5.91 Å². The molecule has 7 nitrogen and oxygen atoms in total. The van der Waals surface area contributed by atoms with Crippen LogP contribution in [0.15, 0.2) is 48.9 Å². The monoisotopic (exact) mass is 485 g/mol. The number of hydrogen-bond donors (Lipinski definition) is 0. The van der Waals surface area contributed by atoms with Crippen LogP contribution in [0.5, 0.6) is 5.75 Å². The molecule has 1 spiro atoms. The summed E-state index contributed by atoms with van der Waals surface area (Å²) in [5.41, 5.74) is 4.34. The SMILES string of the molecule is COc1ccc2ncc(C(=O)N3CCN(c4ccncc4)CC3)c(N3CCC4(CCCC4)CC3)c2c1. The molecule has 3 fully saturated rings. The van der Waals surface area contributed by atoms with Gasteiger partial charge in [-0.1, -0.05) is 12.8 Å². The number of piperidine rings is 1. The summed E-state index contributed by atoms with van der Waals surface area (Å²) in [4.78, 5) is 29.6. The van der Waals surface area contributed by atoms with Crippen molar-refractivity contribution < 1.29 is 9.53 Å². The van der Waals surface area contributed by atoms with E-state index in [0.29, 0.717) is 18.5 Å². The molecular weight excluding hydrogens is 450 g/mol. The Morgan fingerprint density at radius 1 is 0.889 bits per heavy atom. The zero-order valence-electron chi connectivity index (χ0n) is 21.2. The van der Waals surface area contributed by atoms with Crippen molar-refractivity contribution in [3.63, 3.8) is 0 Å². The van der Waals surface area contributed by atoms with Gasteiger partial charge in [-0.3, -0.25) is 14.8 Å². The van der Waals surface area contributed by atoms with Crippen LogP contribution in [-0.4, -0.2) is 67.2 Å². The van der Waals surface area contributed by atoms with Gasteiger partial charge in [0.1, 0.15) is 5.75 Å². The van der Waals surface area contributed by atoms with Gasteiger partial charge in [-0.25, -0.2) is 0 Å². The first-order valence-electron chi connectivity index (χ1n) is 13.3. The Kier molecular flexibility index (Phi) is 6.15. The van der Waals surface area contributed by atoms with Crippen LogP contribution < -0.4 is 14.5 Å². The molecule has 0 unspecified atom stereocenters. The van der Waals surface area contributed by atoms with Gasteiger partial charge in [-0.05, 0) is 61.4 Å². The molecule has 36 heavy (non-hydrogen) atoms. The van der Waals surface area contributed by atoms with Crippen molar-refractivity contribution in [3.8, 4) is 5.75 Å². The van der Waals surface area contributed by atoms with E-state index in [0.717, 1.165) is 59.8 Å². The number of ether oxygens (including phenoxy) is 1. The van der Waals surface area contributed by atoms with E-state index in [1.807, 2.05) is 47.8 Å². The van der Waals surface area contributed by atoms with Gasteiger partial charge in [-0.2, -0.15) is 0 Å². The Morgan fingerprint density at radius 2 is 1.61 bits per heavy atom. The standard InChI is InChI=1S/C29H35N5O2/c1-36-23-4-5-26-24(20-23)27(33-14-10-29(11-15-33)8-2-3-9-29)25(21-31-26)28(35)34-18-16-32(17-19-34)22-6-12-30-13-7-22/h4-7,12-13,20-21H,2-3,8-11,14-19H2,1H3. The predicted octanol–water partition coefficient (Wildman–Crippen LogP) is 4.76. The lowest BCUT2D eigenvalue weighted by Crippen LogP contribution is -2.49. The quantitative estimate of drug-likeness (QED) is 0.531. The van der Waals surface area contributed by atoms with E-state index < -0.39 is 0 Å². The Balaban J connectivity index is 1.30. The lowest BCUT2D eigenvalue weighted by molar-refractivity contribution is 0.0747. The van der Waals surface area contributed by atoms with Crippen LogP contribution >= 0.6 is 0 Å². The summed E-state index contributed by atoms with van der Waals surface area (Å²) < 4.78 is 5.56. The number of carbonyl (C=O) groups excluding carboxylic acids is 1. The molecule has 3 aromatic rings. The number of aromatic nitrogens is 2. The number of amides is 1. The molecule has 7 heteroatoms. The van der Waals surface area contributed by atoms with Crippen LogP contribution in [0.2, 0.25) is 0 Å². The minimum atomic E-state index is 0.0813. The summed E-state index contributed by atoms with van der Waals surface area (Å²) in [7, 11) is 1.69. The number of methoxy groups -OCH3 is 1. The molecule has 4 heterocycles. The molecule has 0 N–H and O–H groups in total. The topological polar surface area (TPSA) is 61.8 Å². The smallest absolute Gasteiger partial charge is 0.257 e. The average molecular weight is 486 g/mol. The van der Waals surface area contributed by atoms with Crippen molar-refractivity contribution in [1.82, 2.24) is 14.9 Å². The zero-order chi connectivity index (χ0) is 24.5. The number of rotatable bonds is 4. The molecule has 0 radical (unpaired) electrons. The minimum absolute atomic E-state index is 0.0813. The molecule has 2 aliphatic heterocycles. The fourth-order valence-corrected chi connectivity index (χ4v) is 6.50. The minimum Gasteiger partial charge on any atom is -0.497 e. The average Bonchev–Trinajstić information content (AvgIpc) is 3.40. The maximum absolute atomic E-state index is 14.0. The highest BCUT2D eigenvalue weighted by Gasteiger charge is 2.38. The summed E-state index contributed by atoms with van der Waals surface area (Å²) >= 11 is 0. The molecule has 1 aromatic carbocycles. The van der Waals surface area contributed by atoms with E-state index in [2.05, 4.69) is 20.9 Å². The predicted molar refractivity (Wildman–Crippen MR) is 143 cm³/mol. The summed E-state index contributed by atoms with van der Waals surface area (Å²) in [6, 6.07) is 10.1. The lowest BCUT2D eigenvalue weighted by Gasteiger charge is -2.42. The third-order valence-corrected chi connectivity index (χ3v) is 8.68. The van der Waals surface area contributed by atoms with Gasteiger partial charge in [-0.15, -0.1) is 0 Å². The van der Waals surface area contributed by atoms with E-state index in [4.69, 9.17) is 9.72 Å². The van der Waals surface area contributed by atoms with Gasteiger partial charge in [0.15, 0.2) is 0 Å². The van der Waals surface area contributed by atoms with Crippen LogP contribution in [-0.2, 0) is 0 Å². The van der Waals surface area contributed by atoms with Crippen LogP contribution in [0.3, 0.4) is 0 Å². The van der Waals surface area contributed by atoms with Gasteiger partial charge < -0.3 is 19.4 Å². The van der Waals surface area contributed by atoms with Gasteiger partial charge in [0, 0.05) is 68.9 Å². The molecule has 6 rings (SSSR count). The molecule has 1 aliphatic carbocycles. The first kappa shape index (κ1) is 23.1. The number of piperazine rings is 1. The van der Waals surface area contributed by atoms with Crippen molar-refractivity contribution in [2.45, 2.75) is 38.5 Å². The highest BCUT2D eigenvalue weighted by Crippen LogP contribution is 2.47. The third-order valence-electron chi connectivity index (χ3n) is 8.68. The molecule has 188 valence electrons. The second-order valence-corrected chi connectivity index (χ2v) is 10.6. The molecule has 1 saturated carbocycles. The second-order valence-electron chi connectivity index (χ2n) is 10.6. The Hall–Kier alpha value is -3.35. The van der Waals surface area contributed by atoms with Crippen molar-refractivity contribution in [2.24, 2.45) is 5.41 Å². The number of carbonyl (C=O) groups is 1. The second kappa shape index (κ2) is 9.60. The molecule has 3 aliphatic rings. The fraction of sp³-hybridized carbons (Fsp3) is 0.483. The van der Waals surface area contributed by atoms with Gasteiger partial charge in [0.2, 0.25) is 0 Å². The first-order chi connectivity index (χ1) is 17.7. The van der Waals surface area contributed by atoms with Crippen LogP contribution in [0.4, 0.5) is 11.4 Å². The van der Waals surface area contributed by atoms with Crippen LogP contribution in [0.25, 0.3) is 10.9 Å². The highest BCUT2D eigenvalue weighted by molar-refractivity contribution is 6.07. The lowest BCUT2D eigenvalue weighted by atomic mass is 9.77. The number of pyridine rings is 2. The molecule has 2 aromatic heterocycles. The zero-order valence-corrected chi connectivity index (χ0v) is 21.2. The van der Waals surface area contributed by atoms with E-state index in [1.165, 1.54) is 38.5 Å². The van der Waals surface area contributed by atoms with E-state index in [1.54, 1.807) is 7.11 Å². The number of nitrogens with zero attached hydrogens (tertiary/aromatic N) is 5. The largest absolute Gasteiger partial charge is 0.497 e. The first-order valence-corrected chi connectivity index (χ1v) is 13.3. The third kappa shape index (κ3) is 4.25. The van der Waals surface area contributed by atoms with Gasteiger partial charge >= 0.3 is 0 Å². The van der Waals surface area contributed by atoms with Crippen molar-refractivity contribution in [2.75, 3.05) is 56.2 Å². The molecule has 2 saturated heterocycles. The van der Waals surface area contributed by atoms with Crippen molar-refractivity contribution >= 4 is 28.2 Å².